The van der Waals surface area contributed by atoms with Gasteiger partial charge in [0.1, 0.15) is 0 Å². The smallest absolute Gasteiger partial charge is 0.418 e. The lowest BCUT2D eigenvalue weighted by Gasteiger charge is -2.19. The van der Waals surface area contributed by atoms with Crippen LogP contribution in [0.15, 0.2) is 65.3 Å². The van der Waals surface area contributed by atoms with Gasteiger partial charge < -0.3 is 20.0 Å². The minimum atomic E-state index is -4.63. The van der Waals surface area contributed by atoms with E-state index in [1.807, 2.05) is 0 Å². The van der Waals surface area contributed by atoms with Crippen LogP contribution in [0.5, 0.6) is 0 Å². The molecule has 7 nitrogen and oxygen atoms in total. The van der Waals surface area contributed by atoms with Crippen molar-refractivity contribution in [3.05, 3.63) is 83.3 Å². The van der Waals surface area contributed by atoms with Crippen LogP contribution in [0.1, 0.15) is 32.0 Å². The molecule has 1 aromatic heterocycles. The van der Waals surface area contributed by atoms with Gasteiger partial charge in [-0.25, -0.2) is 0 Å². The fourth-order valence-electron chi connectivity index (χ4n) is 3.02. The van der Waals surface area contributed by atoms with Gasteiger partial charge in [-0.05, 0) is 48.9 Å². The monoisotopic (exact) mass is 459 g/mol. The number of carbonyl (C=O) groups excluding carboxylic acids is 3. The van der Waals surface area contributed by atoms with E-state index < -0.39 is 41.7 Å². The molecule has 0 aliphatic carbocycles. The first kappa shape index (κ1) is 23.6. The maximum Gasteiger partial charge on any atom is 0.418 e. The molecule has 2 N–H and O–H groups in total. The molecule has 3 aromatic rings. The maximum atomic E-state index is 13.1. The minimum Gasteiger partial charge on any atom is -0.459 e. The summed E-state index contributed by atoms with van der Waals surface area (Å²) in [6.45, 7) is 1.26. The van der Waals surface area contributed by atoms with E-state index in [0.29, 0.717) is 11.3 Å². The van der Waals surface area contributed by atoms with Crippen LogP contribution in [0.4, 0.5) is 24.5 Å². The average molecular weight is 459 g/mol. The highest BCUT2D eigenvalue weighted by Gasteiger charge is 2.33. The highest BCUT2D eigenvalue weighted by Crippen LogP contribution is 2.34. The Morgan fingerprint density at radius 2 is 1.70 bits per heavy atom. The zero-order valence-electron chi connectivity index (χ0n) is 17.7. The fraction of sp³-hybridized carbons (Fsp3) is 0.174. The van der Waals surface area contributed by atoms with Crippen LogP contribution in [0.25, 0.3) is 0 Å². The third-order valence-electron chi connectivity index (χ3n) is 4.71. The lowest BCUT2D eigenvalue weighted by Crippen LogP contribution is -2.35. The summed E-state index contributed by atoms with van der Waals surface area (Å²) in [6.07, 6.45) is -3.28. The molecule has 0 radical (unpaired) electrons. The van der Waals surface area contributed by atoms with Gasteiger partial charge in [0.15, 0.2) is 5.76 Å². The number of halogens is 3. The van der Waals surface area contributed by atoms with Crippen LogP contribution in [0.2, 0.25) is 0 Å². The maximum absolute atomic E-state index is 13.1. The Balaban J connectivity index is 1.69. The summed E-state index contributed by atoms with van der Waals surface area (Å²) in [5.41, 5.74) is -0.131. The van der Waals surface area contributed by atoms with Gasteiger partial charge in [-0.3, -0.25) is 14.4 Å². The molecule has 10 heteroatoms. The molecule has 0 bridgehead atoms. The summed E-state index contributed by atoms with van der Waals surface area (Å²) >= 11 is 0. The van der Waals surface area contributed by atoms with Crippen molar-refractivity contribution < 1.29 is 32.0 Å². The van der Waals surface area contributed by atoms with E-state index in [0.717, 1.165) is 17.0 Å². The predicted molar refractivity (Wildman–Crippen MR) is 115 cm³/mol. The molecule has 1 heterocycles. The molecule has 0 fully saturated rings. The van der Waals surface area contributed by atoms with Gasteiger partial charge in [-0.15, -0.1) is 0 Å². The van der Waals surface area contributed by atoms with Gasteiger partial charge >= 0.3 is 6.18 Å². The Hall–Kier alpha value is -4.08. The normalized spacial score (nSPS) is 11.1. The van der Waals surface area contributed by atoms with Crippen LogP contribution in [0.3, 0.4) is 0 Å². The van der Waals surface area contributed by atoms with Crippen molar-refractivity contribution >= 4 is 29.1 Å². The highest BCUT2D eigenvalue weighted by atomic mass is 19.4. The molecule has 0 spiro atoms. The second-order valence-electron chi connectivity index (χ2n) is 7.21. The third-order valence-corrected chi connectivity index (χ3v) is 4.71. The second kappa shape index (κ2) is 9.60. The first-order valence-electron chi connectivity index (χ1n) is 9.73. The number of hydrogen-bond donors (Lipinski definition) is 2. The van der Waals surface area contributed by atoms with Gasteiger partial charge in [0.05, 0.1) is 24.1 Å². The largest absolute Gasteiger partial charge is 0.459 e. The van der Waals surface area contributed by atoms with Crippen molar-refractivity contribution in [2.24, 2.45) is 0 Å². The summed E-state index contributed by atoms with van der Waals surface area (Å²) in [5.74, 6) is -1.74. The Bertz CT molecular complexity index is 1170. The van der Waals surface area contributed by atoms with Crippen LogP contribution >= 0.6 is 0 Å². The van der Waals surface area contributed by atoms with Crippen molar-refractivity contribution in [1.29, 1.82) is 0 Å². The number of alkyl halides is 3. The number of para-hydroxylation sites is 1. The molecule has 3 rings (SSSR count). The van der Waals surface area contributed by atoms with Crippen molar-refractivity contribution in [1.82, 2.24) is 4.90 Å². The Labute approximate surface area is 187 Å². The summed E-state index contributed by atoms with van der Waals surface area (Å²) in [6, 6.07) is 12.2. The average Bonchev–Trinajstić information content (AvgIpc) is 3.29. The van der Waals surface area contributed by atoms with Gasteiger partial charge in [-0.2, -0.15) is 13.2 Å². The van der Waals surface area contributed by atoms with Crippen LogP contribution in [-0.2, 0) is 11.0 Å². The lowest BCUT2D eigenvalue weighted by atomic mass is 10.1. The van der Waals surface area contributed by atoms with Gasteiger partial charge in [0.25, 0.3) is 11.8 Å². The topological polar surface area (TPSA) is 91.7 Å². The summed E-state index contributed by atoms with van der Waals surface area (Å²) in [4.78, 5) is 38.4. The molecule has 2 aromatic carbocycles. The number of likely N-dealkylation sites (N-methyl/N-ethyl adjacent to an activating group) is 1. The molecule has 0 aliphatic heterocycles. The van der Waals surface area contributed by atoms with E-state index >= 15 is 0 Å². The molecule has 172 valence electrons. The number of rotatable bonds is 6. The van der Waals surface area contributed by atoms with Crippen molar-refractivity contribution in [2.75, 3.05) is 24.2 Å². The number of nitrogens with one attached hydrogen (secondary N) is 2. The number of amides is 3. The van der Waals surface area contributed by atoms with E-state index in [1.54, 1.807) is 19.1 Å². The number of nitrogens with zero attached hydrogens (tertiary/aromatic N) is 1. The first-order chi connectivity index (χ1) is 15.6. The van der Waals surface area contributed by atoms with E-state index in [9.17, 15) is 27.6 Å². The van der Waals surface area contributed by atoms with Crippen molar-refractivity contribution in [3.8, 4) is 0 Å². The summed E-state index contributed by atoms with van der Waals surface area (Å²) < 4.78 is 44.4. The Kier molecular flexibility index (Phi) is 6.86. The first-order valence-corrected chi connectivity index (χ1v) is 9.73. The number of hydrogen-bond acceptors (Lipinski definition) is 4. The molecule has 0 unspecified atom stereocenters. The number of benzene rings is 2. The fourth-order valence-corrected chi connectivity index (χ4v) is 3.02. The lowest BCUT2D eigenvalue weighted by molar-refractivity contribution is -0.137. The number of furan rings is 1. The van der Waals surface area contributed by atoms with E-state index in [1.165, 1.54) is 43.6 Å². The molecule has 0 atom stereocenters. The van der Waals surface area contributed by atoms with Gasteiger partial charge in [0, 0.05) is 18.3 Å². The van der Waals surface area contributed by atoms with Crippen LogP contribution in [-0.4, -0.2) is 36.2 Å². The zero-order valence-corrected chi connectivity index (χ0v) is 17.7. The Morgan fingerprint density at radius 1 is 0.970 bits per heavy atom. The van der Waals surface area contributed by atoms with Gasteiger partial charge in [0.2, 0.25) is 5.91 Å². The SMILES string of the molecule is Cc1ccc(C(=O)N(C)CC(=O)Nc2ccccc2C(F)(F)F)cc1NC(=O)c1ccco1. The molecule has 33 heavy (non-hydrogen) atoms. The standard InChI is InChI=1S/C23H20F3N3O4/c1-14-9-10-15(12-18(14)28-21(31)19-8-5-11-33-19)22(32)29(2)13-20(30)27-17-7-4-3-6-16(17)23(24,25)26/h3-12H,13H2,1-2H3,(H,27,30)(H,28,31). The van der Waals surface area contributed by atoms with E-state index in [-0.39, 0.29) is 11.3 Å². The second-order valence-corrected chi connectivity index (χ2v) is 7.21. The number of aryl methyl sites for hydroxylation is 1. The number of anilines is 2. The number of carbonyl (C=O) groups is 3. The van der Waals surface area contributed by atoms with E-state index in [2.05, 4.69) is 10.6 Å². The molecule has 0 saturated carbocycles. The van der Waals surface area contributed by atoms with Crippen LogP contribution in [0, 0.1) is 6.92 Å². The minimum absolute atomic E-state index is 0.0963. The Morgan fingerprint density at radius 3 is 2.36 bits per heavy atom. The molecule has 3 amide bonds. The highest BCUT2D eigenvalue weighted by molar-refractivity contribution is 6.04. The summed E-state index contributed by atoms with van der Waals surface area (Å²) in [7, 11) is 1.35. The van der Waals surface area contributed by atoms with Crippen molar-refractivity contribution in [2.45, 2.75) is 13.1 Å². The van der Waals surface area contributed by atoms with Gasteiger partial charge in [-0.1, -0.05) is 18.2 Å². The van der Waals surface area contributed by atoms with E-state index in [4.69, 9.17) is 4.42 Å². The third kappa shape index (κ3) is 5.79. The molecular formula is C23H20F3N3O4. The quantitative estimate of drug-likeness (QED) is 0.565. The molecule has 0 aliphatic rings. The molecular weight excluding hydrogens is 439 g/mol. The predicted octanol–water partition coefficient (Wildman–Crippen LogP) is 4.57. The molecule has 0 saturated heterocycles. The van der Waals surface area contributed by atoms with Crippen LogP contribution < -0.4 is 10.6 Å². The summed E-state index contributed by atoms with van der Waals surface area (Å²) in [5, 5.41) is 4.85. The zero-order chi connectivity index (χ0) is 24.2. The van der Waals surface area contributed by atoms with Crippen molar-refractivity contribution in [3.63, 3.8) is 0 Å².